The molecule has 1 nitrogen and oxygen atoms in total. The molecule has 0 amide bonds. The molecule has 0 spiro atoms. The first-order chi connectivity index (χ1) is 5.63. The minimum Gasteiger partial charge on any atom is -0.314 e. The highest BCUT2D eigenvalue weighted by Gasteiger charge is 2.29. The van der Waals surface area contributed by atoms with E-state index in [4.69, 9.17) is 0 Å². The Balaban J connectivity index is 0. The second-order valence-electron chi connectivity index (χ2n) is 3.41. The van der Waals surface area contributed by atoms with Crippen molar-refractivity contribution in [1.82, 2.24) is 5.32 Å². The molecule has 0 saturated carbocycles. The van der Waals surface area contributed by atoms with Gasteiger partial charge in [-0.15, -0.1) is 0 Å². The lowest BCUT2D eigenvalue weighted by Gasteiger charge is -2.21. The van der Waals surface area contributed by atoms with Crippen molar-refractivity contribution in [3.63, 3.8) is 0 Å². The third kappa shape index (κ3) is 4.76. The summed E-state index contributed by atoms with van der Waals surface area (Å²) in [5, 5.41) is 3.41. The Hall–Kier alpha value is -0.0400. The van der Waals surface area contributed by atoms with Crippen LogP contribution in [0.2, 0.25) is 0 Å². The van der Waals surface area contributed by atoms with Crippen LogP contribution in [0.5, 0.6) is 0 Å². The van der Waals surface area contributed by atoms with Gasteiger partial charge >= 0.3 is 0 Å². The van der Waals surface area contributed by atoms with E-state index in [1.165, 1.54) is 13.0 Å². The summed E-state index contributed by atoms with van der Waals surface area (Å²) in [6.07, 6.45) is 1.33. The lowest BCUT2D eigenvalue weighted by Crippen LogP contribution is -2.28. The number of hydrogen-bond donors (Lipinski definition) is 1. The molecule has 1 saturated heterocycles. The zero-order chi connectivity index (χ0) is 10.2. The molecule has 1 atom stereocenters. The van der Waals surface area contributed by atoms with Crippen LogP contribution >= 0.6 is 0 Å². The summed E-state index contributed by atoms with van der Waals surface area (Å²) in [6, 6.07) is 0.711. The lowest BCUT2D eigenvalue weighted by atomic mass is 9.86. The van der Waals surface area contributed by atoms with Crippen LogP contribution in [0.25, 0.3) is 0 Å². The summed E-state index contributed by atoms with van der Waals surface area (Å²) < 4.78 is 0. The van der Waals surface area contributed by atoms with Crippen LogP contribution in [-0.2, 0) is 0 Å². The smallest absolute Gasteiger partial charge is 0.00903 e. The molecule has 1 unspecified atom stereocenters. The molecule has 1 N–H and O–H groups in total. The largest absolute Gasteiger partial charge is 0.314 e. The molecule has 76 valence electrons. The lowest BCUT2D eigenvalue weighted by molar-refractivity contribution is 0.332. The topological polar surface area (TPSA) is 12.0 Å². The van der Waals surface area contributed by atoms with Gasteiger partial charge in [-0.05, 0) is 25.3 Å². The van der Waals surface area contributed by atoms with E-state index in [0.29, 0.717) is 11.5 Å². The van der Waals surface area contributed by atoms with E-state index in [1.54, 1.807) is 0 Å². The summed E-state index contributed by atoms with van der Waals surface area (Å²) >= 11 is 0. The van der Waals surface area contributed by atoms with Crippen molar-refractivity contribution in [2.24, 2.45) is 5.41 Å². The van der Waals surface area contributed by atoms with Gasteiger partial charge in [-0.2, -0.15) is 0 Å². The molecule has 1 heterocycles. The summed E-state index contributed by atoms with van der Waals surface area (Å²) in [4.78, 5) is 0. The molecule has 0 aromatic carbocycles. The van der Waals surface area contributed by atoms with Gasteiger partial charge in [0.1, 0.15) is 0 Å². The SMILES string of the molecule is CC.CC.CC1NCCC1(C)C. The first-order valence-corrected chi connectivity index (χ1v) is 5.36. The maximum Gasteiger partial charge on any atom is 0.00903 e. The Kier molecular flexibility index (Phi) is 9.17. The quantitative estimate of drug-likeness (QED) is 0.591. The average Bonchev–Trinajstić information content (AvgIpc) is 2.38. The highest BCUT2D eigenvalue weighted by atomic mass is 15.0. The van der Waals surface area contributed by atoms with Crippen molar-refractivity contribution in [2.45, 2.75) is 60.9 Å². The molecular formula is C11H27N. The van der Waals surface area contributed by atoms with E-state index < -0.39 is 0 Å². The zero-order valence-corrected chi connectivity index (χ0v) is 9.99. The van der Waals surface area contributed by atoms with Gasteiger partial charge < -0.3 is 5.32 Å². The Morgan fingerprint density at radius 3 is 1.58 bits per heavy atom. The first kappa shape index (κ1) is 14.5. The van der Waals surface area contributed by atoms with Crippen LogP contribution in [-0.4, -0.2) is 12.6 Å². The third-order valence-corrected chi connectivity index (χ3v) is 2.39. The molecular weight excluding hydrogens is 146 g/mol. The second-order valence-corrected chi connectivity index (χ2v) is 3.41. The third-order valence-electron chi connectivity index (χ3n) is 2.39. The molecule has 1 aliphatic rings. The van der Waals surface area contributed by atoms with Crippen LogP contribution in [0.1, 0.15) is 54.9 Å². The first-order valence-electron chi connectivity index (χ1n) is 5.36. The Morgan fingerprint density at radius 1 is 1.08 bits per heavy atom. The van der Waals surface area contributed by atoms with Crippen LogP contribution < -0.4 is 5.32 Å². The number of nitrogens with one attached hydrogen (secondary N) is 1. The summed E-state index contributed by atoms with van der Waals surface area (Å²) in [7, 11) is 0. The van der Waals surface area contributed by atoms with Crippen molar-refractivity contribution in [2.75, 3.05) is 6.54 Å². The second kappa shape index (κ2) is 7.60. The minimum absolute atomic E-state index is 0.542. The molecule has 1 rings (SSSR count). The molecule has 1 fully saturated rings. The molecule has 0 bridgehead atoms. The Labute approximate surface area is 78.9 Å². The molecule has 0 aromatic rings. The molecule has 1 heteroatoms. The Bertz CT molecular complexity index is 87.0. The number of rotatable bonds is 0. The van der Waals surface area contributed by atoms with Gasteiger partial charge in [0.05, 0.1) is 0 Å². The molecule has 0 aliphatic carbocycles. The monoisotopic (exact) mass is 173 g/mol. The van der Waals surface area contributed by atoms with Crippen LogP contribution in [0.15, 0.2) is 0 Å². The predicted molar refractivity (Wildman–Crippen MR) is 58.6 cm³/mol. The normalized spacial score (nSPS) is 24.8. The predicted octanol–water partition coefficient (Wildman–Crippen LogP) is 3.45. The zero-order valence-electron chi connectivity index (χ0n) is 9.99. The van der Waals surface area contributed by atoms with Gasteiger partial charge in [-0.3, -0.25) is 0 Å². The molecule has 0 aromatic heterocycles. The van der Waals surface area contributed by atoms with Crippen LogP contribution in [0, 0.1) is 5.41 Å². The van der Waals surface area contributed by atoms with Gasteiger partial charge in [-0.1, -0.05) is 41.5 Å². The average molecular weight is 173 g/mol. The van der Waals surface area contributed by atoms with Gasteiger partial charge in [0.25, 0.3) is 0 Å². The van der Waals surface area contributed by atoms with E-state index >= 15 is 0 Å². The molecule has 0 radical (unpaired) electrons. The van der Waals surface area contributed by atoms with E-state index in [-0.39, 0.29) is 0 Å². The van der Waals surface area contributed by atoms with Crippen molar-refractivity contribution in [3.8, 4) is 0 Å². The van der Waals surface area contributed by atoms with Gasteiger partial charge in [0, 0.05) is 6.04 Å². The van der Waals surface area contributed by atoms with E-state index in [0.717, 1.165) is 0 Å². The van der Waals surface area contributed by atoms with Crippen LogP contribution in [0.4, 0.5) is 0 Å². The van der Waals surface area contributed by atoms with E-state index in [1.807, 2.05) is 27.7 Å². The maximum absolute atomic E-state index is 3.41. The van der Waals surface area contributed by atoms with E-state index in [2.05, 4.69) is 26.1 Å². The van der Waals surface area contributed by atoms with Gasteiger partial charge in [0.15, 0.2) is 0 Å². The summed E-state index contributed by atoms with van der Waals surface area (Å²) in [5.74, 6) is 0. The summed E-state index contributed by atoms with van der Waals surface area (Å²) in [5.41, 5.74) is 0.542. The maximum atomic E-state index is 3.41. The van der Waals surface area contributed by atoms with Gasteiger partial charge in [-0.25, -0.2) is 0 Å². The van der Waals surface area contributed by atoms with E-state index in [9.17, 15) is 0 Å². The van der Waals surface area contributed by atoms with Crippen LogP contribution in [0.3, 0.4) is 0 Å². The fraction of sp³-hybridized carbons (Fsp3) is 1.00. The van der Waals surface area contributed by atoms with Crippen molar-refractivity contribution >= 4 is 0 Å². The summed E-state index contributed by atoms with van der Waals surface area (Å²) in [6.45, 7) is 16.1. The Morgan fingerprint density at radius 2 is 1.50 bits per heavy atom. The van der Waals surface area contributed by atoms with Gasteiger partial charge in [0.2, 0.25) is 0 Å². The number of hydrogen-bond acceptors (Lipinski definition) is 1. The highest BCUT2D eigenvalue weighted by Crippen LogP contribution is 2.28. The minimum atomic E-state index is 0.542. The fourth-order valence-corrected chi connectivity index (χ4v) is 1.10. The fourth-order valence-electron chi connectivity index (χ4n) is 1.10. The molecule has 1 aliphatic heterocycles. The van der Waals surface area contributed by atoms with Crippen molar-refractivity contribution in [1.29, 1.82) is 0 Å². The highest BCUT2D eigenvalue weighted by molar-refractivity contribution is 4.87. The standard InChI is InChI=1S/C7H15N.2C2H6/c1-6-7(2,3)4-5-8-6;2*1-2/h6,8H,4-5H2,1-3H3;2*1-2H3. The van der Waals surface area contributed by atoms with Crippen molar-refractivity contribution < 1.29 is 0 Å². The molecule has 12 heavy (non-hydrogen) atoms. The van der Waals surface area contributed by atoms with Crippen molar-refractivity contribution in [3.05, 3.63) is 0 Å².